The van der Waals surface area contributed by atoms with Gasteiger partial charge in [-0.1, -0.05) is 40.9 Å². The van der Waals surface area contributed by atoms with Gasteiger partial charge in [-0.25, -0.2) is 8.42 Å². The van der Waals surface area contributed by atoms with Gasteiger partial charge in [-0.3, -0.25) is 9.10 Å². The lowest BCUT2D eigenvalue weighted by atomic mass is 10.2. The molecule has 0 aliphatic rings. The second-order valence-electron chi connectivity index (χ2n) is 5.90. The van der Waals surface area contributed by atoms with Gasteiger partial charge in [0.05, 0.1) is 39.8 Å². The Labute approximate surface area is 179 Å². The summed E-state index contributed by atoms with van der Waals surface area (Å²) in [7, 11) is -2.09. The maximum Gasteiger partial charge on any atom is 0.232 e. The smallest absolute Gasteiger partial charge is 0.232 e. The third-order valence-corrected chi connectivity index (χ3v) is 5.94. The fourth-order valence-electron chi connectivity index (χ4n) is 2.50. The third-order valence-electron chi connectivity index (χ3n) is 3.82. The topological polar surface area (TPSA) is 75.7 Å². The number of anilines is 2. The molecule has 2 rings (SSSR count). The van der Waals surface area contributed by atoms with E-state index in [1.807, 2.05) is 0 Å². The normalized spacial score (nSPS) is 11.2. The fraction of sp³-hybridized carbons (Fsp3) is 0.278. The lowest BCUT2D eigenvalue weighted by Gasteiger charge is -2.23. The van der Waals surface area contributed by atoms with Gasteiger partial charge in [0, 0.05) is 13.0 Å². The van der Waals surface area contributed by atoms with E-state index in [9.17, 15) is 13.2 Å². The summed E-state index contributed by atoms with van der Waals surface area (Å²) in [6.07, 6.45) is 1.46. The number of nitrogens with zero attached hydrogens (tertiary/aromatic N) is 1. The zero-order valence-corrected chi connectivity index (χ0v) is 18.3. The first-order chi connectivity index (χ1) is 13.1. The van der Waals surface area contributed by atoms with Crippen molar-refractivity contribution >= 4 is 62.1 Å². The van der Waals surface area contributed by atoms with Gasteiger partial charge in [-0.05, 0) is 36.8 Å². The molecule has 0 atom stereocenters. The SMILES string of the molecule is COc1ccc(N(CCCC(=O)Nc2c(Cl)cccc2Cl)S(C)(=O)=O)cc1Cl. The predicted octanol–water partition coefficient (Wildman–Crippen LogP) is 4.84. The van der Waals surface area contributed by atoms with Crippen LogP contribution in [0.15, 0.2) is 36.4 Å². The Morgan fingerprint density at radius 2 is 1.75 bits per heavy atom. The molecule has 152 valence electrons. The Kier molecular flexibility index (Phi) is 7.83. The second kappa shape index (κ2) is 9.69. The highest BCUT2D eigenvalue weighted by Gasteiger charge is 2.19. The molecule has 0 unspecified atom stereocenters. The van der Waals surface area contributed by atoms with E-state index in [1.54, 1.807) is 30.3 Å². The van der Waals surface area contributed by atoms with Gasteiger partial charge in [0.1, 0.15) is 5.75 Å². The number of para-hydroxylation sites is 1. The molecule has 28 heavy (non-hydrogen) atoms. The standard InChI is InChI=1S/C18H19Cl3N2O4S/c1-27-16-9-8-12(11-15(16)21)23(28(2,25)26)10-4-7-17(24)22-18-13(19)5-3-6-14(18)20/h3,5-6,8-9,11H,4,7,10H2,1-2H3,(H,22,24). The average molecular weight is 466 g/mol. The number of nitrogens with one attached hydrogen (secondary N) is 1. The maximum atomic E-state index is 12.2. The minimum absolute atomic E-state index is 0.0808. The summed E-state index contributed by atoms with van der Waals surface area (Å²) in [5, 5.41) is 3.59. The van der Waals surface area contributed by atoms with E-state index >= 15 is 0 Å². The predicted molar refractivity (Wildman–Crippen MR) is 115 cm³/mol. The van der Waals surface area contributed by atoms with Gasteiger partial charge >= 0.3 is 0 Å². The van der Waals surface area contributed by atoms with E-state index < -0.39 is 10.0 Å². The van der Waals surface area contributed by atoms with E-state index in [0.29, 0.717) is 32.2 Å². The molecule has 10 heteroatoms. The molecule has 0 aromatic heterocycles. The van der Waals surface area contributed by atoms with Gasteiger partial charge in [-0.15, -0.1) is 0 Å². The highest BCUT2D eigenvalue weighted by molar-refractivity contribution is 7.92. The molecule has 0 saturated carbocycles. The monoisotopic (exact) mass is 464 g/mol. The first-order valence-corrected chi connectivity index (χ1v) is 11.2. The van der Waals surface area contributed by atoms with Gasteiger partial charge < -0.3 is 10.1 Å². The Balaban J connectivity index is 2.05. The van der Waals surface area contributed by atoms with Gasteiger partial charge in [0.2, 0.25) is 15.9 Å². The molecule has 0 aliphatic carbocycles. The van der Waals surface area contributed by atoms with Crippen LogP contribution in [-0.2, 0) is 14.8 Å². The van der Waals surface area contributed by atoms with E-state index in [4.69, 9.17) is 39.5 Å². The summed E-state index contributed by atoms with van der Waals surface area (Å²) in [6.45, 7) is 0.102. The zero-order chi connectivity index (χ0) is 20.9. The molecule has 0 saturated heterocycles. The van der Waals surface area contributed by atoms with Crippen LogP contribution in [0, 0.1) is 0 Å². The molecule has 0 radical (unpaired) electrons. The van der Waals surface area contributed by atoms with E-state index in [2.05, 4.69) is 5.32 Å². The highest BCUT2D eigenvalue weighted by Crippen LogP contribution is 2.31. The van der Waals surface area contributed by atoms with Crippen LogP contribution in [0.4, 0.5) is 11.4 Å². The second-order valence-corrected chi connectivity index (χ2v) is 9.03. The van der Waals surface area contributed by atoms with Crippen molar-refractivity contribution < 1.29 is 17.9 Å². The Hall–Kier alpha value is -1.67. The number of hydrogen-bond donors (Lipinski definition) is 1. The molecule has 2 aromatic carbocycles. The van der Waals surface area contributed by atoms with Crippen LogP contribution in [0.3, 0.4) is 0 Å². The number of ether oxygens (including phenoxy) is 1. The number of halogens is 3. The summed E-state index contributed by atoms with van der Waals surface area (Å²) < 4.78 is 30.6. The van der Waals surface area contributed by atoms with E-state index in [0.717, 1.165) is 6.26 Å². The summed E-state index contributed by atoms with van der Waals surface area (Å²) in [4.78, 5) is 12.2. The van der Waals surface area contributed by atoms with E-state index in [-0.39, 0.29) is 25.3 Å². The molecule has 0 aliphatic heterocycles. The average Bonchev–Trinajstić information content (AvgIpc) is 2.61. The van der Waals surface area contributed by atoms with E-state index in [1.165, 1.54) is 17.5 Å². The largest absolute Gasteiger partial charge is 0.495 e. The number of sulfonamides is 1. The quantitative estimate of drug-likeness (QED) is 0.605. The minimum Gasteiger partial charge on any atom is -0.495 e. The van der Waals surface area contributed by atoms with Crippen LogP contribution in [0.5, 0.6) is 5.75 Å². The van der Waals surface area contributed by atoms with Crippen LogP contribution in [-0.4, -0.2) is 34.2 Å². The van der Waals surface area contributed by atoms with Crippen LogP contribution in [0.25, 0.3) is 0 Å². The van der Waals surface area contributed by atoms with Crippen LogP contribution in [0.1, 0.15) is 12.8 Å². The van der Waals surface area contributed by atoms with Crippen molar-refractivity contribution in [3.05, 3.63) is 51.5 Å². The lowest BCUT2D eigenvalue weighted by molar-refractivity contribution is -0.116. The number of carbonyl (C=O) groups excluding carboxylic acids is 1. The van der Waals surface area contributed by atoms with Crippen molar-refractivity contribution in [3.63, 3.8) is 0 Å². The van der Waals surface area contributed by atoms with Crippen molar-refractivity contribution in [1.82, 2.24) is 0 Å². The molecule has 1 amide bonds. The molecular weight excluding hydrogens is 447 g/mol. The summed E-state index contributed by atoms with van der Waals surface area (Å²) >= 11 is 18.1. The molecule has 6 nitrogen and oxygen atoms in total. The van der Waals surface area contributed by atoms with Crippen molar-refractivity contribution in [2.75, 3.05) is 29.5 Å². The number of amides is 1. The highest BCUT2D eigenvalue weighted by atomic mass is 35.5. The Bertz CT molecular complexity index is 947. The molecule has 0 spiro atoms. The molecule has 0 fully saturated rings. The Morgan fingerprint density at radius 3 is 2.29 bits per heavy atom. The zero-order valence-electron chi connectivity index (χ0n) is 15.2. The van der Waals surface area contributed by atoms with Crippen LogP contribution < -0.4 is 14.4 Å². The minimum atomic E-state index is -3.56. The van der Waals surface area contributed by atoms with Crippen LogP contribution in [0.2, 0.25) is 15.1 Å². The van der Waals surface area contributed by atoms with Crippen LogP contribution >= 0.6 is 34.8 Å². The van der Waals surface area contributed by atoms with Crippen molar-refractivity contribution in [2.24, 2.45) is 0 Å². The third kappa shape index (κ3) is 5.91. The van der Waals surface area contributed by atoms with Crippen molar-refractivity contribution in [2.45, 2.75) is 12.8 Å². The maximum absolute atomic E-state index is 12.2. The number of benzene rings is 2. The van der Waals surface area contributed by atoms with Crippen molar-refractivity contribution in [1.29, 1.82) is 0 Å². The lowest BCUT2D eigenvalue weighted by Crippen LogP contribution is -2.31. The summed E-state index contributed by atoms with van der Waals surface area (Å²) in [5.41, 5.74) is 0.723. The summed E-state index contributed by atoms with van der Waals surface area (Å²) in [6, 6.07) is 9.58. The number of hydrogen-bond acceptors (Lipinski definition) is 4. The van der Waals surface area contributed by atoms with Gasteiger partial charge in [0.25, 0.3) is 0 Å². The van der Waals surface area contributed by atoms with Gasteiger partial charge in [-0.2, -0.15) is 0 Å². The number of methoxy groups -OCH3 is 1. The van der Waals surface area contributed by atoms with Crippen molar-refractivity contribution in [3.8, 4) is 5.75 Å². The molecule has 1 N–H and O–H groups in total. The van der Waals surface area contributed by atoms with Gasteiger partial charge in [0.15, 0.2) is 0 Å². The Morgan fingerprint density at radius 1 is 1.11 bits per heavy atom. The molecular formula is C18H19Cl3N2O4S. The number of rotatable bonds is 8. The summed E-state index contributed by atoms with van der Waals surface area (Å²) in [5.74, 6) is 0.117. The molecule has 0 heterocycles. The molecule has 2 aromatic rings. The first kappa shape index (κ1) is 22.6. The molecule has 0 bridgehead atoms. The number of carbonyl (C=O) groups is 1. The first-order valence-electron chi connectivity index (χ1n) is 8.18. The fourth-order valence-corrected chi connectivity index (χ4v) is 4.20.